The van der Waals surface area contributed by atoms with Gasteiger partial charge in [0.05, 0.1) is 12.2 Å². The number of carbonyl (C=O) groups excluding carboxylic acids is 1. The first kappa shape index (κ1) is 14.5. The van der Waals surface area contributed by atoms with Gasteiger partial charge in [-0.1, -0.05) is 0 Å². The molecule has 1 N–H and O–H groups in total. The molecule has 3 rings (SSSR count). The number of benzene rings is 1. The molecule has 2 aromatic heterocycles. The van der Waals surface area contributed by atoms with Crippen molar-refractivity contribution in [2.75, 3.05) is 6.54 Å². The Morgan fingerprint density at radius 3 is 2.77 bits per heavy atom. The van der Waals surface area contributed by atoms with Crippen molar-refractivity contribution in [2.24, 2.45) is 0 Å². The summed E-state index contributed by atoms with van der Waals surface area (Å²) in [6.07, 6.45) is 1.89. The van der Waals surface area contributed by atoms with Gasteiger partial charge < -0.3 is 5.32 Å². The van der Waals surface area contributed by atoms with Crippen LogP contribution in [0.15, 0.2) is 53.4 Å². The summed E-state index contributed by atoms with van der Waals surface area (Å²) in [6.45, 7) is 1.04. The largest absolute Gasteiger partial charge is 0.350 e. The number of rotatable bonds is 5. The van der Waals surface area contributed by atoms with Gasteiger partial charge in [0.2, 0.25) is 0 Å². The van der Waals surface area contributed by atoms with Crippen molar-refractivity contribution in [3.8, 4) is 11.3 Å². The standard InChI is InChI=1S/C16H14FN3OS/c17-14-3-1-12(2-4-14)16(21)18-7-9-20-8-5-15(19-20)13-6-10-22-11-13/h1-6,8,10-11H,7,9H2,(H,18,21). The molecule has 0 aliphatic carbocycles. The minimum atomic E-state index is -0.353. The van der Waals surface area contributed by atoms with Crippen molar-refractivity contribution in [1.29, 1.82) is 0 Å². The lowest BCUT2D eigenvalue weighted by molar-refractivity contribution is 0.0952. The molecule has 3 aromatic rings. The third kappa shape index (κ3) is 3.40. The third-order valence-corrected chi connectivity index (χ3v) is 3.87. The first-order valence-electron chi connectivity index (χ1n) is 6.82. The van der Waals surface area contributed by atoms with Crippen LogP contribution >= 0.6 is 11.3 Å². The number of carbonyl (C=O) groups is 1. The van der Waals surface area contributed by atoms with Gasteiger partial charge in [-0.3, -0.25) is 9.48 Å². The fraction of sp³-hybridized carbons (Fsp3) is 0.125. The summed E-state index contributed by atoms with van der Waals surface area (Å²) in [6, 6.07) is 9.45. The molecule has 0 radical (unpaired) electrons. The molecule has 0 atom stereocenters. The van der Waals surface area contributed by atoms with Gasteiger partial charge in [-0.05, 0) is 41.8 Å². The van der Waals surface area contributed by atoms with E-state index in [1.807, 2.05) is 29.1 Å². The first-order valence-corrected chi connectivity index (χ1v) is 7.76. The van der Waals surface area contributed by atoms with Gasteiger partial charge in [-0.2, -0.15) is 16.4 Å². The van der Waals surface area contributed by atoms with Gasteiger partial charge >= 0.3 is 0 Å². The third-order valence-electron chi connectivity index (χ3n) is 3.19. The molecule has 6 heteroatoms. The zero-order chi connectivity index (χ0) is 15.4. The Labute approximate surface area is 131 Å². The van der Waals surface area contributed by atoms with Crippen LogP contribution in [0.3, 0.4) is 0 Å². The van der Waals surface area contributed by atoms with E-state index in [9.17, 15) is 9.18 Å². The van der Waals surface area contributed by atoms with Gasteiger partial charge in [-0.15, -0.1) is 0 Å². The summed E-state index contributed by atoms with van der Waals surface area (Å²) in [5.41, 5.74) is 2.46. The maximum absolute atomic E-state index is 12.8. The number of halogens is 1. The predicted molar refractivity (Wildman–Crippen MR) is 84.3 cm³/mol. The van der Waals surface area contributed by atoms with Crippen LogP contribution < -0.4 is 5.32 Å². The van der Waals surface area contributed by atoms with Crippen molar-refractivity contribution < 1.29 is 9.18 Å². The molecule has 0 unspecified atom stereocenters. The molecular weight excluding hydrogens is 301 g/mol. The highest BCUT2D eigenvalue weighted by Gasteiger charge is 2.06. The van der Waals surface area contributed by atoms with Gasteiger partial charge in [-0.25, -0.2) is 4.39 Å². The van der Waals surface area contributed by atoms with E-state index in [1.54, 1.807) is 16.0 Å². The van der Waals surface area contributed by atoms with Gasteiger partial charge in [0.25, 0.3) is 5.91 Å². The highest BCUT2D eigenvalue weighted by molar-refractivity contribution is 7.08. The summed E-state index contributed by atoms with van der Waals surface area (Å²) >= 11 is 1.63. The van der Waals surface area contributed by atoms with Crippen LogP contribution in [0.2, 0.25) is 0 Å². The average Bonchev–Trinajstić information content (AvgIpc) is 3.19. The second-order valence-electron chi connectivity index (χ2n) is 4.74. The van der Waals surface area contributed by atoms with Gasteiger partial charge in [0.15, 0.2) is 0 Å². The lowest BCUT2D eigenvalue weighted by Gasteiger charge is -2.05. The summed E-state index contributed by atoms with van der Waals surface area (Å²) in [7, 11) is 0. The Hall–Kier alpha value is -2.47. The maximum Gasteiger partial charge on any atom is 0.251 e. The Morgan fingerprint density at radius 2 is 2.05 bits per heavy atom. The lowest BCUT2D eigenvalue weighted by Crippen LogP contribution is -2.27. The fourth-order valence-electron chi connectivity index (χ4n) is 2.04. The number of hydrogen-bond donors (Lipinski definition) is 1. The van der Waals surface area contributed by atoms with E-state index in [2.05, 4.69) is 10.4 Å². The van der Waals surface area contributed by atoms with Crippen molar-refractivity contribution in [3.63, 3.8) is 0 Å². The zero-order valence-electron chi connectivity index (χ0n) is 11.7. The highest BCUT2D eigenvalue weighted by Crippen LogP contribution is 2.19. The van der Waals surface area contributed by atoms with Crippen LogP contribution in [-0.2, 0) is 6.54 Å². The number of aromatic nitrogens is 2. The Bertz CT molecular complexity index is 750. The number of thiophene rings is 1. The van der Waals surface area contributed by atoms with Crippen LogP contribution in [-0.4, -0.2) is 22.2 Å². The van der Waals surface area contributed by atoms with Crippen LogP contribution in [0.5, 0.6) is 0 Å². The van der Waals surface area contributed by atoms with Crippen molar-refractivity contribution in [1.82, 2.24) is 15.1 Å². The Kier molecular flexibility index (Phi) is 4.29. The summed E-state index contributed by atoms with van der Waals surface area (Å²) in [5.74, 6) is -0.570. The summed E-state index contributed by atoms with van der Waals surface area (Å²) in [4.78, 5) is 11.9. The molecular formula is C16H14FN3OS. The summed E-state index contributed by atoms with van der Waals surface area (Å²) in [5, 5.41) is 11.3. The van der Waals surface area contributed by atoms with Crippen molar-refractivity contribution >= 4 is 17.2 Å². The fourth-order valence-corrected chi connectivity index (χ4v) is 2.69. The van der Waals surface area contributed by atoms with Crippen LogP contribution in [0.4, 0.5) is 4.39 Å². The molecule has 1 amide bonds. The Balaban J connectivity index is 1.53. The second kappa shape index (κ2) is 6.53. The number of nitrogens with zero attached hydrogens (tertiary/aromatic N) is 2. The highest BCUT2D eigenvalue weighted by atomic mass is 32.1. The first-order chi connectivity index (χ1) is 10.7. The van der Waals surface area contributed by atoms with E-state index >= 15 is 0 Å². The van der Waals surface area contributed by atoms with E-state index in [4.69, 9.17) is 0 Å². The molecule has 1 aromatic carbocycles. The van der Waals surface area contributed by atoms with Crippen LogP contribution in [0, 0.1) is 5.82 Å². The smallest absolute Gasteiger partial charge is 0.251 e. The van der Waals surface area contributed by atoms with E-state index in [-0.39, 0.29) is 11.7 Å². The second-order valence-corrected chi connectivity index (χ2v) is 5.52. The Morgan fingerprint density at radius 1 is 1.23 bits per heavy atom. The molecule has 112 valence electrons. The lowest BCUT2D eigenvalue weighted by atomic mass is 10.2. The summed E-state index contributed by atoms with van der Waals surface area (Å²) < 4.78 is 14.6. The molecule has 4 nitrogen and oxygen atoms in total. The minimum Gasteiger partial charge on any atom is -0.350 e. The molecule has 0 bridgehead atoms. The number of hydrogen-bond acceptors (Lipinski definition) is 3. The molecule has 0 saturated heterocycles. The molecule has 0 fully saturated rings. The minimum absolute atomic E-state index is 0.217. The van der Waals surface area contributed by atoms with E-state index < -0.39 is 0 Å². The number of amides is 1. The molecule has 2 heterocycles. The molecule has 0 aliphatic rings. The zero-order valence-corrected chi connectivity index (χ0v) is 12.5. The number of nitrogens with one attached hydrogen (secondary N) is 1. The molecule has 0 saturated carbocycles. The average molecular weight is 315 g/mol. The quantitative estimate of drug-likeness (QED) is 0.786. The normalized spacial score (nSPS) is 10.6. The van der Waals surface area contributed by atoms with Crippen molar-refractivity contribution in [3.05, 3.63) is 64.7 Å². The molecule has 0 aliphatic heterocycles. The van der Waals surface area contributed by atoms with Crippen molar-refractivity contribution in [2.45, 2.75) is 6.54 Å². The molecule has 0 spiro atoms. The van der Waals surface area contributed by atoms with Crippen LogP contribution in [0.25, 0.3) is 11.3 Å². The topological polar surface area (TPSA) is 46.9 Å². The SMILES string of the molecule is O=C(NCCn1ccc(-c2ccsc2)n1)c1ccc(F)cc1. The van der Waals surface area contributed by atoms with Crippen LogP contribution in [0.1, 0.15) is 10.4 Å². The predicted octanol–water partition coefficient (Wildman–Crippen LogP) is 3.18. The van der Waals surface area contributed by atoms with E-state index in [0.29, 0.717) is 18.7 Å². The molecule has 22 heavy (non-hydrogen) atoms. The maximum atomic E-state index is 12.8. The monoisotopic (exact) mass is 315 g/mol. The van der Waals surface area contributed by atoms with Gasteiger partial charge in [0, 0.05) is 29.2 Å². The van der Waals surface area contributed by atoms with E-state index in [0.717, 1.165) is 11.3 Å². The van der Waals surface area contributed by atoms with E-state index in [1.165, 1.54) is 24.3 Å². The van der Waals surface area contributed by atoms with Gasteiger partial charge in [0.1, 0.15) is 5.82 Å².